The SMILES string of the molecule is c1coc(CN2CCC(Oc3cnccn3)CC2)c1. The van der Waals surface area contributed by atoms with Crippen LogP contribution in [-0.4, -0.2) is 34.1 Å². The van der Waals surface area contributed by atoms with E-state index in [2.05, 4.69) is 14.9 Å². The molecule has 2 aromatic rings. The molecule has 5 heteroatoms. The number of nitrogens with zero attached hydrogens (tertiary/aromatic N) is 3. The molecule has 0 aliphatic carbocycles. The predicted molar refractivity (Wildman–Crippen MR) is 69.7 cm³/mol. The van der Waals surface area contributed by atoms with Crippen LogP contribution in [0, 0.1) is 0 Å². The summed E-state index contributed by atoms with van der Waals surface area (Å²) >= 11 is 0. The van der Waals surface area contributed by atoms with E-state index in [1.165, 1.54) is 0 Å². The van der Waals surface area contributed by atoms with E-state index in [0.717, 1.165) is 38.2 Å². The minimum Gasteiger partial charge on any atom is -0.473 e. The second-order valence-corrected chi connectivity index (χ2v) is 4.72. The highest BCUT2D eigenvalue weighted by atomic mass is 16.5. The first-order valence-electron chi connectivity index (χ1n) is 6.57. The molecule has 0 unspecified atom stereocenters. The molecule has 19 heavy (non-hydrogen) atoms. The van der Waals surface area contributed by atoms with Crippen LogP contribution < -0.4 is 4.74 Å². The third-order valence-corrected chi connectivity index (χ3v) is 3.32. The number of ether oxygens (including phenoxy) is 1. The maximum Gasteiger partial charge on any atom is 0.232 e. The summed E-state index contributed by atoms with van der Waals surface area (Å²) in [6, 6.07) is 3.95. The van der Waals surface area contributed by atoms with Gasteiger partial charge in [0.2, 0.25) is 5.88 Å². The Bertz CT molecular complexity index is 479. The zero-order valence-corrected chi connectivity index (χ0v) is 10.7. The van der Waals surface area contributed by atoms with Crippen molar-refractivity contribution >= 4 is 0 Å². The summed E-state index contributed by atoms with van der Waals surface area (Å²) in [6.07, 6.45) is 8.95. The summed E-state index contributed by atoms with van der Waals surface area (Å²) < 4.78 is 11.2. The van der Waals surface area contributed by atoms with Crippen LogP contribution in [0.15, 0.2) is 41.4 Å². The third kappa shape index (κ3) is 3.32. The first-order valence-corrected chi connectivity index (χ1v) is 6.57. The van der Waals surface area contributed by atoms with Crippen LogP contribution in [0.3, 0.4) is 0 Å². The molecular weight excluding hydrogens is 242 g/mol. The molecule has 0 atom stereocenters. The fourth-order valence-electron chi connectivity index (χ4n) is 2.33. The van der Waals surface area contributed by atoms with Gasteiger partial charge >= 0.3 is 0 Å². The molecule has 5 nitrogen and oxygen atoms in total. The molecular formula is C14H17N3O2. The van der Waals surface area contributed by atoms with Crippen LogP contribution in [-0.2, 0) is 6.54 Å². The lowest BCUT2D eigenvalue weighted by Gasteiger charge is -2.31. The molecule has 0 bridgehead atoms. The Morgan fingerprint density at radius 3 is 2.89 bits per heavy atom. The van der Waals surface area contributed by atoms with Gasteiger partial charge in [-0.15, -0.1) is 0 Å². The lowest BCUT2D eigenvalue weighted by atomic mass is 10.1. The minimum atomic E-state index is 0.240. The summed E-state index contributed by atoms with van der Waals surface area (Å²) in [6.45, 7) is 2.92. The quantitative estimate of drug-likeness (QED) is 0.841. The molecule has 2 aromatic heterocycles. The van der Waals surface area contributed by atoms with E-state index in [4.69, 9.17) is 9.15 Å². The molecule has 1 aliphatic rings. The zero-order valence-electron chi connectivity index (χ0n) is 10.7. The van der Waals surface area contributed by atoms with Crippen LogP contribution >= 0.6 is 0 Å². The van der Waals surface area contributed by atoms with Crippen molar-refractivity contribution in [3.63, 3.8) is 0 Å². The van der Waals surface area contributed by atoms with Gasteiger partial charge in [0.1, 0.15) is 11.9 Å². The Labute approximate surface area is 112 Å². The van der Waals surface area contributed by atoms with Gasteiger partial charge in [0.15, 0.2) is 0 Å². The first kappa shape index (κ1) is 12.2. The Balaban J connectivity index is 1.47. The number of aromatic nitrogens is 2. The van der Waals surface area contributed by atoms with Gasteiger partial charge in [-0.25, -0.2) is 4.98 Å². The van der Waals surface area contributed by atoms with Crippen molar-refractivity contribution in [2.24, 2.45) is 0 Å². The Morgan fingerprint density at radius 2 is 2.21 bits per heavy atom. The topological polar surface area (TPSA) is 51.4 Å². The maximum atomic E-state index is 5.82. The minimum absolute atomic E-state index is 0.240. The Kier molecular flexibility index (Phi) is 3.74. The number of piperidine rings is 1. The summed E-state index contributed by atoms with van der Waals surface area (Å²) in [7, 11) is 0. The zero-order chi connectivity index (χ0) is 12.9. The second kappa shape index (κ2) is 5.84. The van der Waals surface area contributed by atoms with Crippen molar-refractivity contribution in [2.45, 2.75) is 25.5 Å². The van der Waals surface area contributed by atoms with E-state index in [0.29, 0.717) is 5.88 Å². The molecule has 0 spiro atoms. The molecule has 0 amide bonds. The molecule has 1 saturated heterocycles. The van der Waals surface area contributed by atoms with Crippen LogP contribution in [0.25, 0.3) is 0 Å². The fraction of sp³-hybridized carbons (Fsp3) is 0.429. The average Bonchev–Trinajstić information content (AvgIpc) is 2.95. The van der Waals surface area contributed by atoms with Crippen LogP contribution in [0.4, 0.5) is 0 Å². The molecule has 100 valence electrons. The van der Waals surface area contributed by atoms with Gasteiger partial charge in [-0.05, 0) is 25.0 Å². The monoisotopic (exact) mass is 259 g/mol. The summed E-state index contributed by atoms with van der Waals surface area (Å²) in [5.74, 6) is 1.64. The van der Waals surface area contributed by atoms with Crippen molar-refractivity contribution in [1.82, 2.24) is 14.9 Å². The molecule has 1 fully saturated rings. The largest absolute Gasteiger partial charge is 0.473 e. The normalized spacial score (nSPS) is 17.5. The summed E-state index contributed by atoms with van der Waals surface area (Å²) in [5.41, 5.74) is 0. The molecule has 3 rings (SSSR count). The Hall–Kier alpha value is -1.88. The standard InChI is InChI=1S/C14H17N3O2/c1-2-13(18-9-1)11-17-7-3-12(4-8-17)19-14-10-15-5-6-16-14/h1-2,5-6,9-10,12H,3-4,7-8,11H2. The van der Waals surface area contributed by atoms with Crippen molar-refractivity contribution < 1.29 is 9.15 Å². The number of furan rings is 1. The van der Waals surface area contributed by atoms with Gasteiger partial charge in [-0.1, -0.05) is 0 Å². The van der Waals surface area contributed by atoms with Gasteiger partial charge < -0.3 is 9.15 Å². The van der Waals surface area contributed by atoms with Crippen molar-refractivity contribution in [1.29, 1.82) is 0 Å². The summed E-state index contributed by atoms with van der Waals surface area (Å²) in [4.78, 5) is 10.5. The maximum absolute atomic E-state index is 5.82. The van der Waals surface area contributed by atoms with Crippen molar-refractivity contribution in [2.75, 3.05) is 13.1 Å². The third-order valence-electron chi connectivity index (χ3n) is 3.32. The van der Waals surface area contributed by atoms with Crippen molar-refractivity contribution in [3.05, 3.63) is 42.7 Å². The smallest absolute Gasteiger partial charge is 0.232 e. The lowest BCUT2D eigenvalue weighted by molar-refractivity contribution is 0.0892. The summed E-state index contributed by atoms with van der Waals surface area (Å²) in [5, 5.41) is 0. The number of hydrogen-bond donors (Lipinski definition) is 0. The second-order valence-electron chi connectivity index (χ2n) is 4.72. The van der Waals surface area contributed by atoms with E-state index in [1.54, 1.807) is 24.9 Å². The van der Waals surface area contributed by atoms with Gasteiger partial charge in [0.25, 0.3) is 0 Å². The number of likely N-dealkylation sites (tertiary alicyclic amines) is 1. The predicted octanol–water partition coefficient (Wildman–Crippen LogP) is 2.11. The fourth-order valence-corrected chi connectivity index (χ4v) is 2.33. The lowest BCUT2D eigenvalue weighted by Crippen LogP contribution is -2.37. The van der Waals surface area contributed by atoms with Crippen LogP contribution in [0.2, 0.25) is 0 Å². The Morgan fingerprint density at radius 1 is 1.32 bits per heavy atom. The van der Waals surface area contributed by atoms with E-state index < -0.39 is 0 Å². The molecule has 3 heterocycles. The number of hydrogen-bond acceptors (Lipinski definition) is 5. The molecule has 0 N–H and O–H groups in total. The highest BCUT2D eigenvalue weighted by molar-refractivity contribution is 5.02. The van der Waals surface area contributed by atoms with E-state index in [9.17, 15) is 0 Å². The average molecular weight is 259 g/mol. The first-order chi connectivity index (χ1) is 9.40. The molecule has 0 aromatic carbocycles. The van der Waals surface area contributed by atoms with Crippen LogP contribution in [0.1, 0.15) is 18.6 Å². The highest BCUT2D eigenvalue weighted by Crippen LogP contribution is 2.18. The van der Waals surface area contributed by atoms with Gasteiger partial charge in [-0.2, -0.15) is 0 Å². The van der Waals surface area contributed by atoms with E-state index in [-0.39, 0.29) is 6.10 Å². The number of rotatable bonds is 4. The van der Waals surface area contributed by atoms with E-state index in [1.807, 2.05) is 12.1 Å². The molecule has 0 radical (unpaired) electrons. The highest BCUT2D eigenvalue weighted by Gasteiger charge is 2.21. The molecule has 0 saturated carbocycles. The van der Waals surface area contributed by atoms with Gasteiger partial charge in [0, 0.05) is 25.5 Å². The van der Waals surface area contributed by atoms with Gasteiger partial charge in [0.05, 0.1) is 19.0 Å². The van der Waals surface area contributed by atoms with Crippen LogP contribution in [0.5, 0.6) is 5.88 Å². The molecule has 1 aliphatic heterocycles. The van der Waals surface area contributed by atoms with Gasteiger partial charge in [-0.3, -0.25) is 9.88 Å². The van der Waals surface area contributed by atoms with E-state index >= 15 is 0 Å². The van der Waals surface area contributed by atoms with Crippen molar-refractivity contribution in [3.8, 4) is 5.88 Å².